The molecule has 0 unspecified atom stereocenters. The lowest BCUT2D eigenvalue weighted by atomic mass is 9.74. The number of hydrogen-bond acceptors (Lipinski definition) is 6. The molecule has 5 rings (SSSR count). The zero-order valence-corrected chi connectivity index (χ0v) is 19.8. The van der Waals surface area contributed by atoms with Crippen LogP contribution in [0.2, 0.25) is 0 Å². The Kier molecular flexibility index (Phi) is 6.25. The number of rotatable bonds is 3. The Bertz CT molecular complexity index is 995. The summed E-state index contributed by atoms with van der Waals surface area (Å²) in [6.07, 6.45) is 3.71. The van der Waals surface area contributed by atoms with Crippen molar-refractivity contribution >= 4 is 28.8 Å². The minimum absolute atomic E-state index is 0.0143. The van der Waals surface area contributed by atoms with Crippen LogP contribution < -0.4 is 15.1 Å². The van der Waals surface area contributed by atoms with Crippen molar-refractivity contribution in [2.75, 3.05) is 48.5 Å². The molecule has 2 fully saturated rings. The number of methoxy groups -OCH3 is 1. The van der Waals surface area contributed by atoms with Gasteiger partial charge in [0.15, 0.2) is 0 Å². The second-order valence-electron chi connectivity index (χ2n) is 9.68. The second kappa shape index (κ2) is 9.31. The van der Waals surface area contributed by atoms with Gasteiger partial charge in [0.25, 0.3) is 0 Å². The first-order valence-corrected chi connectivity index (χ1v) is 12.1. The summed E-state index contributed by atoms with van der Waals surface area (Å²) < 4.78 is 11.3. The van der Waals surface area contributed by atoms with Crippen LogP contribution in [0, 0.1) is 17.8 Å². The molecule has 1 aromatic carbocycles. The van der Waals surface area contributed by atoms with E-state index in [0.29, 0.717) is 18.4 Å². The number of pyridine rings is 1. The first-order valence-electron chi connectivity index (χ1n) is 12.1. The third-order valence-corrected chi connectivity index (χ3v) is 7.44. The maximum Gasteiger partial charge on any atom is 0.230 e. The van der Waals surface area contributed by atoms with Gasteiger partial charge in [-0.3, -0.25) is 4.79 Å². The normalized spacial score (nSPS) is 27.2. The molecule has 1 N–H and O–H groups in total. The SMILES string of the molecule is CO[C@@H]1[C@H](C)C[C@@H](C(=O)N2Cc3cccnc3Nc3ccc(N4CCOCC4)cc32)C[C@@H]1C. The molecular formula is C26H34N4O3. The second-order valence-corrected chi connectivity index (χ2v) is 9.68. The highest BCUT2D eigenvalue weighted by atomic mass is 16.5. The standard InChI is InChI=1S/C26H34N4O3/c1-17-13-20(14-18(2)24(17)32-3)26(31)30-16-19-5-4-8-27-25(19)28-22-7-6-21(15-23(22)30)29-9-11-33-12-10-29/h4-8,15,17-18,20,24H,9-14,16H2,1-3H3,(H,27,28)/t17-,18+,20-,24-. The van der Waals surface area contributed by atoms with E-state index in [1.54, 1.807) is 13.3 Å². The van der Waals surface area contributed by atoms with Crippen molar-refractivity contribution in [1.82, 2.24) is 4.98 Å². The maximum atomic E-state index is 14.1. The van der Waals surface area contributed by atoms with Gasteiger partial charge in [-0.1, -0.05) is 19.9 Å². The molecule has 7 heteroatoms. The van der Waals surface area contributed by atoms with E-state index in [0.717, 1.165) is 67.6 Å². The Balaban J connectivity index is 1.51. The van der Waals surface area contributed by atoms with E-state index < -0.39 is 0 Å². The van der Waals surface area contributed by atoms with E-state index in [4.69, 9.17) is 9.47 Å². The highest BCUT2D eigenvalue weighted by Gasteiger charge is 2.39. The number of benzene rings is 1. The molecule has 0 bridgehead atoms. The van der Waals surface area contributed by atoms with E-state index in [-0.39, 0.29) is 17.9 Å². The van der Waals surface area contributed by atoms with Gasteiger partial charge < -0.3 is 24.6 Å². The predicted octanol–water partition coefficient (Wildman–Crippen LogP) is 4.21. The van der Waals surface area contributed by atoms with Crippen molar-refractivity contribution in [3.05, 3.63) is 42.1 Å². The average molecular weight is 451 g/mol. The lowest BCUT2D eigenvalue weighted by Crippen LogP contribution is -2.43. The summed E-state index contributed by atoms with van der Waals surface area (Å²) in [6.45, 7) is 8.10. The summed E-state index contributed by atoms with van der Waals surface area (Å²) in [7, 11) is 1.79. The molecular weight excluding hydrogens is 416 g/mol. The van der Waals surface area contributed by atoms with Crippen LogP contribution in [0.5, 0.6) is 0 Å². The summed E-state index contributed by atoms with van der Waals surface area (Å²) in [5.74, 6) is 1.71. The Morgan fingerprint density at radius 1 is 1.15 bits per heavy atom. The molecule has 0 spiro atoms. The van der Waals surface area contributed by atoms with Crippen molar-refractivity contribution in [3.8, 4) is 0 Å². The van der Waals surface area contributed by atoms with E-state index in [1.165, 1.54) is 0 Å². The van der Waals surface area contributed by atoms with Crippen LogP contribution in [-0.4, -0.2) is 50.4 Å². The van der Waals surface area contributed by atoms with Crippen LogP contribution in [0.25, 0.3) is 0 Å². The first kappa shape index (κ1) is 22.2. The summed E-state index contributed by atoms with van der Waals surface area (Å²) in [5.41, 5.74) is 4.00. The molecule has 7 nitrogen and oxygen atoms in total. The van der Waals surface area contributed by atoms with Gasteiger partial charge in [0, 0.05) is 43.6 Å². The highest BCUT2D eigenvalue weighted by Crippen LogP contribution is 2.41. The number of aromatic nitrogens is 1. The van der Waals surface area contributed by atoms with Gasteiger partial charge >= 0.3 is 0 Å². The first-order chi connectivity index (χ1) is 16.0. The zero-order valence-electron chi connectivity index (χ0n) is 19.8. The lowest BCUT2D eigenvalue weighted by molar-refractivity contribution is -0.127. The smallest absolute Gasteiger partial charge is 0.230 e. The van der Waals surface area contributed by atoms with Gasteiger partial charge in [0.2, 0.25) is 5.91 Å². The number of carbonyl (C=O) groups excluding carboxylic acids is 1. The minimum atomic E-state index is -0.0143. The number of fused-ring (bicyclic) bond motifs is 2. The molecule has 33 heavy (non-hydrogen) atoms. The van der Waals surface area contributed by atoms with Crippen LogP contribution in [0.3, 0.4) is 0 Å². The number of nitrogens with zero attached hydrogens (tertiary/aromatic N) is 3. The van der Waals surface area contributed by atoms with E-state index in [2.05, 4.69) is 53.3 Å². The third-order valence-electron chi connectivity index (χ3n) is 7.44. The molecule has 3 aliphatic rings. The van der Waals surface area contributed by atoms with Gasteiger partial charge in [-0.2, -0.15) is 0 Å². The predicted molar refractivity (Wildman–Crippen MR) is 130 cm³/mol. The Hall–Kier alpha value is -2.64. The summed E-state index contributed by atoms with van der Waals surface area (Å²) in [4.78, 5) is 22.9. The highest BCUT2D eigenvalue weighted by molar-refractivity contribution is 6.00. The van der Waals surface area contributed by atoms with Crippen LogP contribution in [0.1, 0.15) is 32.3 Å². The molecule has 1 saturated heterocycles. The minimum Gasteiger partial charge on any atom is -0.381 e. The quantitative estimate of drug-likeness (QED) is 0.756. The molecule has 176 valence electrons. The molecule has 1 aromatic heterocycles. The summed E-state index contributed by atoms with van der Waals surface area (Å²) in [5, 5.41) is 3.49. The summed E-state index contributed by atoms with van der Waals surface area (Å²) >= 11 is 0. The third kappa shape index (κ3) is 4.32. The number of amides is 1. The Morgan fingerprint density at radius 3 is 2.64 bits per heavy atom. The fourth-order valence-electron chi connectivity index (χ4n) is 5.84. The molecule has 3 heterocycles. The molecule has 2 aromatic rings. The van der Waals surface area contributed by atoms with Gasteiger partial charge in [0.05, 0.1) is 37.2 Å². The van der Waals surface area contributed by atoms with Crippen molar-refractivity contribution < 1.29 is 14.3 Å². The number of carbonyl (C=O) groups is 1. The van der Waals surface area contributed by atoms with Gasteiger partial charge in [-0.05, 0) is 48.9 Å². The summed E-state index contributed by atoms with van der Waals surface area (Å²) in [6, 6.07) is 10.4. The molecule has 0 radical (unpaired) electrons. The molecule has 1 saturated carbocycles. The molecule has 2 aliphatic heterocycles. The number of ether oxygens (including phenoxy) is 2. The van der Waals surface area contributed by atoms with Crippen molar-refractivity contribution in [2.45, 2.75) is 39.3 Å². The van der Waals surface area contributed by atoms with E-state index >= 15 is 0 Å². The topological polar surface area (TPSA) is 66.9 Å². The number of anilines is 4. The fourth-order valence-corrected chi connectivity index (χ4v) is 5.84. The maximum absolute atomic E-state index is 14.1. The van der Waals surface area contributed by atoms with Crippen LogP contribution in [0.4, 0.5) is 22.9 Å². The van der Waals surface area contributed by atoms with Crippen molar-refractivity contribution in [1.29, 1.82) is 0 Å². The van der Waals surface area contributed by atoms with Crippen LogP contribution in [0.15, 0.2) is 36.5 Å². The van der Waals surface area contributed by atoms with Crippen LogP contribution >= 0.6 is 0 Å². The Labute approximate surface area is 196 Å². The fraction of sp³-hybridized carbons (Fsp3) is 0.538. The largest absolute Gasteiger partial charge is 0.381 e. The van der Waals surface area contributed by atoms with E-state index in [9.17, 15) is 4.79 Å². The van der Waals surface area contributed by atoms with E-state index in [1.807, 2.05) is 11.0 Å². The average Bonchev–Trinajstić information content (AvgIpc) is 3.00. The van der Waals surface area contributed by atoms with Gasteiger partial charge in [0.1, 0.15) is 5.82 Å². The molecule has 1 aliphatic carbocycles. The number of morpholine rings is 1. The molecule has 4 atom stereocenters. The van der Waals surface area contributed by atoms with Crippen molar-refractivity contribution in [3.63, 3.8) is 0 Å². The number of nitrogens with one attached hydrogen (secondary N) is 1. The van der Waals surface area contributed by atoms with Gasteiger partial charge in [-0.15, -0.1) is 0 Å². The number of hydrogen-bond donors (Lipinski definition) is 1. The van der Waals surface area contributed by atoms with Gasteiger partial charge in [-0.25, -0.2) is 4.98 Å². The Morgan fingerprint density at radius 2 is 1.91 bits per heavy atom. The lowest BCUT2D eigenvalue weighted by Gasteiger charge is -2.39. The van der Waals surface area contributed by atoms with Crippen molar-refractivity contribution in [2.24, 2.45) is 17.8 Å². The molecule has 1 amide bonds. The van der Waals surface area contributed by atoms with Crippen LogP contribution in [-0.2, 0) is 20.8 Å². The zero-order chi connectivity index (χ0) is 22.9. The monoisotopic (exact) mass is 450 g/mol.